The predicted octanol–water partition coefficient (Wildman–Crippen LogP) is 4.93. The lowest BCUT2D eigenvalue weighted by Gasteiger charge is -2.13. The first-order valence-electron chi connectivity index (χ1n) is 9.18. The molecule has 2 aromatic heterocycles. The zero-order chi connectivity index (χ0) is 21.3. The molecule has 4 aromatic rings. The number of pyridine rings is 1. The minimum absolute atomic E-state index is 0.0472. The van der Waals surface area contributed by atoms with E-state index in [1.54, 1.807) is 18.3 Å². The number of anilines is 1. The number of halogens is 3. The number of para-hydroxylation sites is 1. The maximum absolute atomic E-state index is 13.1. The standard InChI is InChI=1S/C22H17F3N4O/c1-14-27-19-7-4-12-26-21(19)29(14)16-10-8-15(9-11-16)13-20(30)28-18-6-3-2-5-17(18)22(23,24)25/h2-12H,13H2,1H3,(H,28,30). The summed E-state index contributed by atoms with van der Waals surface area (Å²) in [5.41, 5.74) is 1.89. The van der Waals surface area contributed by atoms with Gasteiger partial charge < -0.3 is 5.32 Å². The molecule has 0 atom stereocenters. The van der Waals surface area contributed by atoms with Gasteiger partial charge in [0.1, 0.15) is 11.3 Å². The fourth-order valence-electron chi connectivity index (χ4n) is 3.32. The summed E-state index contributed by atoms with van der Waals surface area (Å²) in [6.07, 6.45) is -2.89. The Bertz CT molecular complexity index is 1210. The molecule has 8 heteroatoms. The highest BCUT2D eigenvalue weighted by Gasteiger charge is 2.33. The van der Waals surface area contributed by atoms with Crippen LogP contribution in [0.2, 0.25) is 0 Å². The summed E-state index contributed by atoms with van der Waals surface area (Å²) in [6.45, 7) is 1.88. The van der Waals surface area contributed by atoms with Gasteiger partial charge in [-0.25, -0.2) is 9.97 Å². The van der Waals surface area contributed by atoms with E-state index in [0.29, 0.717) is 5.56 Å². The summed E-state index contributed by atoms with van der Waals surface area (Å²) >= 11 is 0. The summed E-state index contributed by atoms with van der Waals surface area (Å²) in [6, 6.07) is 15.8. The molecule has 5 nitrogen and oxygen atoms in total. The summed E-state index contributed by atoms with van der Waals surface area (Å²) in [5, 5.41) is 2.36. The number of nitrogens with zero attached hydrogens (tertiary/aromatic N) is 3. The Labute approximate surface area is 170 Å². The van der Waals surface area contributed by atoms with Crippen molar-refractivity contribution in [2.45, 2.75) is 19.5 Å². The number of alkyl halides is 3. The Kier molecular flexibility index (Phi) is 4.99. The van der Waals surface area contributed by atoms with Crippen molar-refractivity contribution < 1.29 is 18.0 Å². The summed E-state index contributed by atoms with van der Waals surface area (Å²) < 4.78 is 41.2. The van der Waals surface area contributed by atoms with E-state index < -0.39 is 17.6 Å². The third kappa shape index (κ3) is 3.89. The molecule has 0 radical (unpaired) electrons. The highest BCUT2D eigenvalue weighted by atomic mass is 19.4. The second-order valence-electron chi connectivity index (χ2n) is 6.78. The van der Waals surface area contributed by atoms with Crippen LogP contribution in [0.15, 0.2) is 66.9 Å². The van der Waals surface area contributed by atoms with E-state index in [-0.39, 0.29) is 12.1 Å². The summed E-state index contributed by atoms with van der Waals surface area (Å²) in [7, 11) is 0. The van der Waals surface area contributed by atoms with Gasteiger partial charge in [0.2, 0.25) is 5.91 Å². The molecule has 0 saturated heterocycles. The van der Waals surface area contributed by atoms with Crippen molar-refractivity contribution in [1.29, 1.82) is 0 Å². The topological polar surface area (TPSA) is 59.8 Å². The van der Waals surface area contributed by atoms with Crippen LogP contribution in [0.25, 0.3) is 16.9 Å². The van der Waals surface area contributed by atoms with Gasteiger partial charge in [0.25, 0.3) is 0 Å². The third-order valence-electron chi connectivity index (χ3n) is 4.65. The Balaban J connectivity index is 1.52. The number of fused-ring (bicyclic) bond motifs is 1. The smallest absolute Gasteiger partial charge is 0.325 e. The van der Waals surface area contributed by atoms with E-state index in [9.17, 15) is 18.0 Å². The van der Waals surface area contributed by atoms with E-state index in [4.69, 9.17) is 0 Å². The number of rotatable bonds is 4. The number of carbonyl (C=O) groups excluding carboxylic acids is 1. The van der Waals surface area contributed by atoms with Gasteiger partial charge in [0.05, 0.1) is 17.7 Å². The van der Waals surface area contributed by atoms with Crippen molar-refractivity contribution in [3.05, 3.63) is 83.8 Å². The van der Waals surface area contributed by atoms with Crippen LogP contribution in [0.4, 0.5) is 18.9 Å². The number of aromatic nitrogens is 3. The van der Waals surface area contributed by atoms with Crippen LogP contribution >= 0.6 is 0 Å². The molecule has 0 aliphatic carbocycles. The fourth-order valence-corrected chi connectivity index (χ4v) is 3.32. The Hall–Kier alpha value is -3.68. The first kappa shape index (κ1) is 19.6. The Morgan fingerprint density at radius 3 is 2.50 bits per heavy atom. The molecule has 1 N–H and O–H groups in total. The lowest BCUT2D eigenvalue weighted by molar-refractivity contribution is -0.137. The summed E-state index contributed by atoms with van der Waals surface area (Å²) in [5.74, 6) is 0.253. The number of hydrogen-bond acceptors (Lipinski definition) is 3. The van der Waals surface area contributed by atoms with E-state index in [1.165, 1.54) is 18.2 Å². The number of imidazole rings is 1. The number of hydrogen-bond donors (Lipinski definition) is 1. The highest BCUT2D eigenvalue weighted by molar-refractivity contribution is 5.93. The molecule has 0 saturated carbocycles. The van der Waals surface area contributed by atoms with E-state index in [0.717, 1.165) is 28.7 Å². The number of aryl methyl sites for hydroxylation is 1. The SMILES string of the molecule is Cc1nc2cccnc2n1-c1ccc(CC(=O)Nc2ccccc2C(F)(F)F)cc1. The predicted molar refractivity (Wildman–Crippen MR) is 107 cm³/mol. The van der Waals surface area contributed by atoms with Gasteiger partial charge in [0, 0.05) is 11.9 Å². The van der Waals surface area contributed by atoms with E-state index in [1.807, 2.05) is 35.8 Å². The lowest BCUT2D eigenvalue weighted by atomic mass is 10.1. The maximum Gasteiger partial charge on any atom is 0.418 e. The van der Waals surface area contributed by atoms with Gasteiger partial charge in [-0.15, -0.1) is 0 Å². The zero-order valence-corrected chi connectivity index (χ0v) is 15.9. The maximum atomic E-state index is 13.1. The second-order valence-corrected chi connectivity index (χ2v) is 6.78. The Morgan fingerprint density at radius 1 is 1.03 bits per heavy atom. The highest BCUT2D eigenvalue weighted by Crippen LogP contribution is 2.34. The van der Waals surface area contributed by atoms with Crippen LogP contribution < -0.4 is 5.32 Å². The van der Waals surface area contributed by atoms with E-state index in [2.05, 4.69) is 15.3 Å². The van der Waals surface area contributed by atoms with Crippen molar-refractivity contribution in [3.8, 4) is 5.69 Å². The summed E-state index contributed by atoms with van der Waals surface area (Å²) in [4.78, 5) is 21.1. The zero-order valence-electron chi connectivity index (χ0n) is 15.9. The number of carbonyl (C=O) groups is 1. The molecule has 2 aromatic carbocycles. The average Bonchev–Trinajstić information content (AvgIpc) is 3.04. The van der Waals surface area contributed by atoms with Crippen molar-refractivity contribution >= 4 is 22.8 Å². The van der Waals surface area contributed by atoms with Gasteiger partial charge in [-0.2, -0.15) is 13.2 Å². The molecule has 1 amide bonds. The van der Waals surface area contributed by atoms with Crippen LogP contribution in [0.3, 0.4) is 0 Å². The van der Waals surface area contributed by atoms with Gasteiger partial charge in [-0.3, -0.25) is 9.36 Å². The molecule has 0 spiro atoms. The van der Waals surface area contributed by atoms with Crippen molar-refractivity contribution in [3.63, 3.8) is 0 Å². The van der Waals surface area contributed by atoms with Crippen molar-refractivity contribution in [2.24, 2.45) is 0 Å². The molecule has 0 aliphatic rings. The molecule has 4 rings (SSSR count). The minimum atomic E-state index is -4.54. The number of benzene rings is 2. The molecule has 0 unspecified atom stereocenters. The van der Waals surface area contributed by atoms with Crippen LogP contribution in [0, 0.1) is 6.92 Å². The number of nitrogens with one attached hydrogen (secondary N) is 1. The molecule has 30 heavy (non-hydrogen) atoms. The van der Waals surface area contributed by atoms with Crippen molar-refractivity contribution in [2.75, 3.05) is 5.32 Å². The van der Waals surface area contributed by atoms with E-state index >= 15 is 0 Å². The molecular weight excluding hydrogens is 393 g/mol. The third-order valence-corrected chi connectivity index (χ3v) is 4.65. The van der Waals surface area contributed by atoms with Crippen LogP contribution in [0.1, 0.15) is 17.0 Å². The van der Waals surface area contributed by atoms with Crippen LogP contribution in [-0.2, 0) is 17.4 Å². The van der Waals surface area contributed by atoms with Crippen LogP contribution in [-0.4, -0.2) is 20.4 Å². The normalized spacial score (nSPS) is 11.6. The quantitative estimate of drug-likeness (QED) is 0.519. The molecule has 0 aliphatic heterocycles. The molecule has 0 bridgehead atoms. The Morgan fingerprint density at radius 2 is 1.77 bits per heavy atom. The molecule has 0 fully saturated rings. The molecular formula is C22H17F3N4O. The second kappa shape index (κ2) is 7.62. The van der Waals surface area contributed by atoms with Gasteiger partial charge in [-0.05, 0) is 48.9 Å². The first-order chi connectivity index (χ1) is 14.3. The van der Waals surface area contributed by atoms with Crippen LogP contribution in [0.5, 0.6) is 0 Å². The van der Waals surface area contributed by atoms with Crippen molar-refractivity contribution in [1.82, 2.24) is 14.5 Å². The minimum Gasteiger partial charge on any atom is -0.325 e. The first-order valence-corrected chi connectivity index (χ1v) is 9.18. The average molecular weight is 410 g/mol. The lowest BCUT2D eigenvalue weighted by Crippen LogP contribution is -2.18. The molecule has 152 valence electrons. The monoisotopic (exact) mass is 410 g/mol. The largest absolute Gasteiger partial charge is 0.418 e. The van der Waals surface area contributed by atoms with Gasteiger partial charge in [0.15, 0.2) is 5.65 Å². The van der Waals surface area contributed by atoms with Gasteiger partial charge in [-0.1, -0.05) is 24.3 Å². The fraction of sp³-hybridized carbons (Fsp3) is 0.136. The molecule has 2 heterocycles. The van der Waals surface area contributed by atoms with Gasteiger partial charge >= 0.3 is 6.18 Å². The number of amides is 1.